The van der Waals surface area contributed by atoms with E-state index in [4.69, 9.17) is 5.26 Å². The molecular weight excluding hydrogens is 214 g/mol. The maximum absolute atomic E-state index is 12.9. The van der Waals surface area contributed by atoms with Crippen LogP contribution in [-0.2, 0) is 4.79 Å². The number of hydrogen-bond donors (Lipinski definition) is 1. The summed E-state index contributed by atoms with van der Waals surface area (Å²) in [5, 5.41) is 11.5. The number of rotatable bonds is 2. The molecule has 0 aromatic rings. The first kappa shape index (κ1) is 11.3. The summed E-state index contributed by atoms with van der Waals surface area (Å²) in [5.74, 6) is -3.18. The van der Waals surface area contributed by atoms with Crippen LogP contribution in [0.3, 0.4) is 0 Å². The highest BCUT2D eigenvalue weighted by molar-refractivity contribution is 5.80. The van der Waals surface area contributed by atoms with Crippen LogP contribution in [0.4, 0.5) is 8.78 Å². The molecule has 0 aliphatic heterocycles. The lowest BCUT2D eigenvalue weighted by Gasteiger charge is -2.27. The van der Waals surface area contributed by atoms with Crippen LogP contribution in [0.1, 0.15) is 38.5 Å². The summed E-state index contributed by atoms with van der Waals surface area (Å²) in [6, 6.07) is 2.06. The summed E-state index contributed by atoms with van der Waals surface area (Å²) in [4.78, 5) is 11.7. The van der Waals surface area contributed by atoms with E-state index in [1.165, 1.54) is 0 Å². The summed E-state index contributed by atoms with van der Waals surface area (Å²) in [6.07, 6.45) is 1.37. The highest BCUT2D eigenvalue weighted by atomic mass is 19.3. The highest BCUT2D eigenvalue weighted by Gasteiger charge is 2.46. The zero-order chi connectivity index (χ0) is 11.8. The summed E-state index contributed by atoms with van der Waals surface area (Å²) in [7, 11) is 0. The van der Waals surface area contributed by atoms with Crippen molar-refractivity contribution in [2.24, 2.45) is 5.92 Å². The minimum Gasteiger partial charge on any atom is -0.338 e. The molecular formula is C11H14F2N2O. The van der Waals surface area contributed by atoms with Gasteiger partial charge in [-0.1, -0.05) is 0 Å². The van der Waals surface area contributed by atoms with Crippen LogP contribution in [0.15, 0.2) is 0 Å². The second kappa shape index (κ2) is 3.69. The molecule has 2 aliphatic rings. The van der Waals surface area contributed by atoms with Gasteiger partial charge in [0.05, 0.1) is 6.07 Å². The van der Waals surface area contributed by atoms with Crippen molar-refractivity contribution in [3.63, 3.8) is 0 Å². The maximum atomic E-state index is 12.9. The fraction of sp³-hybridized carbons (Fsp3) is 0.818. The molecule has 1 amide bonds. The molecule has 16 heavy (non-hydrogen) atoms. The molecule has 88 valence electrons. The number of carbonyl (C=O) groups excluding carboxylic acids is 1. The van der Waals surface area contributed by atoms with E-state index in [9.17, 15) is 13.6 Å². The first-order valence-electron chi connectivity index (χ1n) is 5.58. The summed E-state index contributed by atoms with van der Waals surface area (Å²) < 4.78 is 25.7. The molecule has 0 saturated heterocycles. The van der Waals surface area contributed by atoms with Crippen molar-refractivity contribution in [2.45, 2.75) is 50.0 Å². The molecule has 1 N–H and O–H groups in total. The predicted octanol–water partition coefficient (Wildman–Crippen LogP) is 1.98. The zero-order valence-corrected chi connectivity index (χ0v) is 8.93. The zero-order valence-electron chi connectivity index (χ0n) is 8.93. The quantitative estimate of drug-likeness (QED) is 0.785. The maximum Gasteiger partial charge on any atom is 0.248 e. The number of nitrogens with zero attached hydrogens (tertiary/aromatic N) is 1. The molecule has 2 aliphatic carbocycles. The smallest absolute Gasteiger partial charge is 0.248 e. The second-order valence-electron chi connectivity index (χ2n) is 4.81. The Hall–Kier alpha value is -1.18. The molecule has 0 radical (unpaired) electrons. The van der Waals surface area contributed by atoms with Gasteiger partial charge in [-0.15, -0.1) is 0 Å². The molecule has 3 nitrogen and oxygen atoms in total. The number of halogens is 2. The molecule has 0 aromatic carbocycles. The lowest BCUT2D eigenvalue weighted by Crippen LogP contribution is -2.42. The standard InChI is InChI=1S/C11H14F2N2O/c12-11(13)3-1-8(2-4-11)9(16)15-10(7-14)5-6-10/h8H,1-6H2,(H,15,16). The molecule has 2 fully saturated rings. The van der Waals surface area contributed by atoms with Gasteiger partial charge in [-0.05, 0) is 25.7 Å². The Morgan fingerprint density at radius 1 is 1.25 bits per heavy atom. The Labute approximate surface area is 92.8 Å². The van der Waals surface area contributed by atoms with Crippen LogP contribution >= 0.6 is 0 Å². The second-order valence-corrected chi connectivity index (χ2v) is 4.81. The molecule has 5 heteroatoms. The van der Waals surface area contributed by atoms with E-state index in [2.05, 4.69) is 11.4 Å². The monoisotopic (exact) mass is 228 g/mol. The van der Waals surface area contributed by atoms with Crippen molar-refractivity contribution < 1.29 is 13.6 Å². The van der Waals surface area contributed by atoms with Gasteiger partial charge in [-0.25, -0.2) is 8.78 Å². The minimum absolute atomic E-state index is 0.218. The average Bonchev–Trinajstić information content (AvgIpc) is 2.98. The Morgan fingerprint density at radius 3 is 2.25 bits per heavy atom. The highest BCUT2D eigenvalue weighted by Crippen LogP contribution is 2.38. The number of hydrogen-bond acceptors (Lipinski definition) is 2. The first-order valence-corrected chi connectivity index (χ1v) is 5.58. The van der Waals surface area contributed by atoms with Crippen LogP contribution in [0.2, 0.25) is 0 Å². The molecule has 2 saturated carbocycles. The lowest BCUT2D eigenvalue weighted by atomic mass is 9.86. The molecule has 0 bridgehead atoms. The fourth-order valence-corrected chi connectivity index (χ4v) is 2.03. The SMILES string of the molecule is N#CC1(NC(=O)C2CCC(F)(F)CC2)CC1. The van der Waals surface area contributed by atoms with Crippen molar-refractivity contribution in [2.75, 3.05) is 0 Å². The van der Waals surface area contributed by atoms with E-state index in [1.54, 1.807) is 0 Å². The first-order chi connectivity index (χ1) is 7.46. The summed E-state index contributed by atoms with van der Waals surface area (Å²) in [5.41, 5.74) is -0.683. The number of nitriles is 1. The predicted molar refractivity (Wildman–Crippen MR) is 52.6 cm³/mol. The molecule has 0 aromatic heterocycles. The molecule has 0 spiro atoms. The Morgan fingerprint density at radius 2 is 1.81 bits per heavy atom. The summed E-state index contributed by atoms with van der Waals surface area (Å²) >= 11 is 0. The van der Waals surface area contributed by atoms with Crippen molar-refractivity contribution >= 4 is 5.91 Å². The third-order valence-corrected chi connectivity index (χ3v) is 3.41. The number of carbonyl (C=O) groups is 1. The van der Waals surface area contributed by atoms with Gasteiger partial charge in [0.2, 0.25) is 11.8 Å². The molecule has 0 heterocycles. The Kier molecular flexibility index (Phi) is 2.61. The van der Waals surface area contributed by atoms with E-state index in [1.807, 2.05) is 0 Å². The Balaban J connectivity index is 1.86. The van der Waals surface area contributed by atoms with E-state index >= 15 is 0 Å². The van der Waals surface area contributed by atoms with Crippen LogP contribution in [0.25, 0.3) is 0 Å². The summed E-state index contributed by atoms with van der Waals surface area (Å²) in [6.45, 7) is 0. The molecule has 2 rings (SSSR count). The third-order valence-electron chi connectivity index (χ3n) is 3.41. The van der Waals surface area contributed by atoms with Crippen LogP contribution in [-0.4, -0.2) is 17.4 Å². The largest absolute Gasteiger partial charge is 0.338 e. The third kappa shape index (κ3) is 2.31. The van der Waals surface area contributed by atoms with Crippen molar-refractivity contribution in [3.8, 4) is 6.07 Å². The van der Waals surface area contributed by atoms with Gasteiger partial charge < -0.3 is 5.32 Å². The Bertz CT molecular complexity index is 334. The van der Waals surface area contributed by atoms with E-state index in [-0.39, 0.29) is 37.5 Å². The van der Waals surface area contributed by atoms with E-state index < -0.39 is 11.5 Å². The van der Waals surface area contributed by atoms with Gasteiger partial charge in [0.15, 0.2) is 0 Å². The van der Waals surface area contributed by atoms with Gasteiger partial charge in [0.25, 0.3) is 0 Å². The van der Waals surface area contributed by atoms with Crippen LogP contribution in [0.5, 0.6) is 0 Å². The topological polar surface area (TPSA) is 52.9 Å². The van der Waals surface area contributed by atoms with Gasteiger partial charge in [0.1, 0.15) is 5.54 Å². The van der Waals surface area contributed by atoms with Gasteiger partial charge in [-0.2, -0.15) is 5.26 Å². The molecule has 0 unspecified atom stereocenters. The average molecular weight is 228 g/mol. The minimum atomic E-state index is -2.61. The van der Waals surface area contributed by atoms with Gasteiger partial charge in [0, 0.05) is 18.8 Å². The number of amides is 1. The van der Waals surface area contributed by atoms with Gasteiger partial charge >= 0.3 is 0 Å². The van der Waals surface area contributed by atoms with Crippen molar-refractivity contribution in [1.82, 2.24) is 5.32 Å². The fourth-order valence-electron chi connectivity index (χ4n) is 2.03. The number of alkyl halides is 2. The van der Waals surface area contributed by atoms with Crippen LogP contribution in [0, 0.1) is 17.2 Å². The number of nitrogens with one attached hydrogen (secondary N) is 1. The molecule has 0 atom stereocenters. The van der Waals surface area contributed by atoms with Gasteiger partial charge in [-0.3, -0.25) is 4.79 Å². The van der Waals surface area contributed by atoms with Crippen molar-refractivity contribution in [1.29, 1.82) is 5.26 Å². The van der Waals surface area contributed by atoms with Crippen molar-refractivity contribution in [3.05, 3.63) is 0 Å². The van der Waals surface area contributed by atoms with E-state index in [0.717, 1.165) is 0 Å². The van der Waals surface area contributed by atoms with Crippen LogP contribution < -0.4 is 5.32 Å². The lowest BCUT2D eigenvalue weighted by molar-refractivity contribution is -0.129. The normalized spacial score (nSPS) is 26.8. The van der Waals surface area contributed by atoms with E-state index in [0.29, 0.717) is 12.8 Å².